The van der Waals surface area contributed by atoms with Crippen molar-refractivity contribution >= 4 is 17.9 Å². The van der Waals surface area contributed by atoms with Gasteiger partial charge in [0.25, 0.3) is 0 Å². The summed E-state index contributed by atoms with van der Waals surface area (Å²) < 4.78 is 16.8. The van der Waals surface area contributed by atoms with Gasteiger partial charge in [0, 0.05) is 19.3 Å². The summed E-state index contributed by atoms with van der Waals surface area (Å²) in [4.78, 5) is 37.9. The molecule has 0 saturated carbocycles. The fourth-order valence-corrected chi connectivity index (χ4v) is 7.04. The number of rotatable bonds is 45. The van der Waals surface area contributed by atoms with Crippen molar-refractivity contribution in [2.75, 3.05) is 13.2 Å². The van der Waals surface area contributed by atoms with Crippen molar-refractivity contribution in [1.82, 2.24) is 0 Å². The molecule has 0 saturated heterocycles. The van der Waals surface area contributed by atoms with Gasteiger partial charge < -0.3 is 14.2 Å². The maximum atomic E-state index is 12.8. The number of ether oxygens (including phenoxy) is 3. The molecule has 0 fully saturated rings. The molecule has 1 unspecified atom stereocenters. The molecule has 0 radical (unpaired) electrons. The summed E-state index contributed by atoms with van der Waals surface area (Å²) in [6.45, 7) is 6.46. The molecule has 1 atom stereocenters. The van der Waals surface area contributed by atoms with E-state index in [1.54, 1.807) is 0 Å². The first-order chi connectivity index (χ1) is 29.5. The van der Waals surface area contributed by atoms with Crippen molar-refractivity contribution in [1.29, 1.82) is 0 Å². The lowest BCUT2D eigenvalue weighted by molar-refractivity contribution is -0.167. The summed E-state index contributed by atoms with van der Waals surface area (Å²) in [6.07, 6.45) is 59.1. The first-order valence-electron chi connectivity index (χ1n) is 25.3. The molecule has 0 aliphatic carbocycles. The number of hydrogen-bond donors (Lipinski definition) is 0. The van der Waals surface area contributed by atoms with E-state index in [0.717, 1.165) is 89.9 Å². The number of allylic oxidation sites excluding steroid dienone is 10. The van der Waals surface area contributed by atoms with E-state index in [4.69, 9.17) is 14.2 Å². The zero-order chi connectivity index (χ0) is 43.7. The van der Waals surface area contributed by atoms with Crippen LogP contribution >= 0.6 is 0 Å². The van der Waals surface area contributed by atoms with Crippen LogP contribution in [-0.4, -0.2) is 37.2 Å². The Labute approximate surface area is 370 Å². The number of carbonyl (C=O) groups is 3. The molecular weight excluding hydrogens is 745 g/mol. The molecule has 6 heteroatoms. The predicted molar refractivity (Wildman–Crippen MR) is 256 cm³/mol. The van der Waals surface area contributed by atoms with Crippen molar-refractivity contribution in [2.24, 2.45) is 0 Å². The molecule has 0 aliphatic rings. The zero-order valence-corrected chi connectivity index (χ0v) is 39.5. The summed E-state index contributed by atoms with van der Waals surface area (Å²) in [7, 11) is 0. The lowest BCUT2D eigenvalue weighted by atomic mass is 10.0. The third-order valence-electron chi connectivity index (χ3n) is 10.9. The standard InChI is InChI=1S/C54H94O6/c1-4-7-10-13-16-19-22-25-27-29-32-35-38-41-44-47-53(56)59-50-51(49-58-52(55)46-43-40-37-34-31-24-21-18-15-12-9-6-3)60-54(57)48-45-42-39-36-33-30-28-26-23-20-17-14-11-8-5-2/h7,10,13,16,18-19,21-22,25,27,51H,4-6,8-9,11-12,14-15,17,20,23-24,26,28-50H2,1-3H3/b10-7-,16-13-,21-18-,22-19-,27-25-. The Hall–Kier alpha value is -2.89. The number of esters is 3. The SMILES string of the molecule is CC\C=C/C=C\C=C/C=C\CCCCCCCC(=O)OCC(COC(=O)CCCCCCC/C=C\CCCCC)OC(=O)CCCCCCCCCCCCCCCCC. The highest BCUT2D eigenvalue weighted by molar-refractivity contribution is 5.71. The van der Waals surface area contributed by atoms with Crippen molar-refractivity contribution in [2.45, 2.75) is 252 Å². The molecule has 0 heterocycles. The van der Waals surface area contributed by atoms with Gasteiger partial charge in [-0.3, -0.25) is 14.4 Å². The molecule has 0 aliphatic heterocycles. The third-order valence-corrected chi connectivity index (χ3v) is 10.9. The molecule has 346 valence electrons. The number of hydrogen-bond acceptors (Lipinski definition) is 6. The molecular formula is C54H94O6. The van der Waals surface area contributed by atoms with Gasteiger partial charge in [0.05, 0.1) is 0 Å². The Balaban J connectivity index is 4.41. The van der Waals surface area contributed by atoms with Gasteiger partial charge in [-0.15, -0.1) is 0 Å². The van der Waals surface area contributed by atoms with Gasteiger partial charge in [0.1, 0.15) is 13.2 Å². The molecule has 60 heavy (non-hydrogen) atoms. The van der Waals surface area contributed by atoms with E-state index < -0.39 is 6.10 Å². The van der Waals surface area contributed by atoms with Crippen LogP contribution in [0.15, 0.2) is 60.8 Å². The molecule has 0 amide bonds. The van der Waals surface area contributed by atoms with Crippen LogP contribution < -0.4 is 0 Å². The van der Waals surface area contributed by atoms with Crippen LogP contribution in [0.25, 0.3) is 0 Å². The Bertz CT molecular complexity index is 1100. The zero-order valence-electron chi connectivity index (χ0n) is 39.5. The van der Waals surface area contributed by atoms with E-state index >= 15 is 0 Å². The van der Waals surface area contributed by atoms with E-state index in [9.17, 15) is 14.4 Å². The number of unbranched alkanes of at least 4 members (excludes halogenated alkanes) is 27. The molecule has 6 nitrogen and oxygen atoms in total. The van der Waals surface area contributed by atoms with Crippen LogP contribution in [-0.2, 0) is 28.6 Å². The third kappa shape index (κ3) is 46.2. The Kier molecular flexibility index (Phi) is 46.4. The molecule has 0 N–H and O–H groups in total. The fourth-order valence-electron chi connectivity index (χ4n) is 7.04. The lowest BCUT2D eigenvalue weighted by Crippen LogP contribution is -2.30. The average Bonchev–Trinajstić information content (AvgIpc) is 3.24. The second-order valence-electron chi connectivity index (χ2n) is 16.8. The normalized spacial score (nSPS) is 12.5. The van der Waals surface area contributed by atoms with Crippen LogP contribution in [0.1, 0.15) is 245 Å². The monoisotopic (exact) mass is 839 g/mol. The Morgan fingerprint density at radius 2 is 0.667 bits per heavy atom. The predicted octanol–water partition coefficient (Wildman–Crippen LogP) is 16.5. The van der Waals surface area contributed by atoms with Crippen molar-refractivity contribution < 1.29 is 28.6 Å². The van der Waals surface area contributed by atoms with Crippen LogP contribution in [0.3, 0.4) is 0 Å². The smallest absolute Gasteiger partial charge is 0.306 e. The molecule has 0 rings (SSSR count). The quantitative estimate of drug-likeness (QED) is 0.0200. The van der Waals surface area contributed by atoms with E-state index in [-0.39, 0.29) is 31.1 Å². The highest BCUT2D eigenvalue weighted by atomic mass is 16.6. The van der Waals surface area contributed by atoms with Gasteiger partial charge in [-0.25, -0.2) is 0 Å². The fraction of sp³-hybridized carbons (Fsp3) is 0.759. The molecule has 0 spiro atoms. The Morgan fingerprint density at radius 1 is 0.350 bits per heavy atom. The molecule has 0 aromatic carbocycles. The van der Waals surface area contributed by atoms with Gasteiger partial charge in [-0.05, 0) is 64.2 Å². The minimum absolute atomic E-state index is 0.0848. The van der Waals surface area contributed by atoms with E-state index in [1.807, 2.05) is 18.2 Å². The minimum Gasteiger partial charge on any atom is -0.462 e. The van der Waals surface area contributed by atoms with Gasteiger partial charge in [-0.1, -0.05) is 223 Å². The largest absolute Gasteiger partial charge is 0.462 e. The second kappa shape index (κ2) is 48.8. The second-order valence-corrected chi connectivity index (χ2v) is 16.8. The van der Waals surface area contributed by atoms with Crippen molar-refractivity contribution in [3.63, 3.8) is 0 Å². The van der Waals surface area contributed by atoms with E-state index in [1.165, 1.54) is 116 Å². The van der Waals surface area contributed by atoms with Gasteiger partial charge in [0.2, 0.25) is 0 Å². The van der Waals surface area contributed by atoms with Crippen LogP contribution in [0, 0.1) is 0 Å². The Morgan fingerprint density at radius 3 is 1.10 bits per heavy atom. The first-order valence-corrected chi connectivity index (χ1v) is 25.3. The average molecular weight is 839 g/mol. The van der Waals surface area contributed by atoms with Gasteiger partial charge in [0.15, 0.2) is 6.10 Å². The van der Waals surface area contributed by atoms with Crippen LogP contribution in [0.5, 0.6) is 0 Å². The lowest BCUT2D eigenvalue weighted by Gasteiger charge is -2.18. The van der Waals surface area contributed by atoms with Crippen LogP contribution in [0.4, 0.5) is 0 Å². The van der Waals surface area contributed by atoms with E-state index in [0.29, 0.717) is 19.3 Å². The first kappa shape index (κ1) is 57.1. The maximum Gasteiger partial charge on any atom is 0.306 e. The van der Waals surface area contributed by atoms with Crippen LogP contribution in [0.2, 0.25) is 0 Å². The highest BCUT2D eigenvalue weighted by Crippen LogP contribution is 2.15. The summed E-state index contributed by atoms with van der Waals surface area (Å²) in [6, 6.07) is 0. The molecule has 0 bridgehead atoms. The van der Waals surface area contributed by atoms with Gasteiger partial charge >= 0.3 is 17.9 Å². The van der Waals surface area contributed by atoms with Gasteiger partial charge in [-0.2, -0.15) is 0 Å². The molecule has 0 aromatic heterocycles. The molecule has 0 aromatic rings. The maximum absolute atomic E-state index is 12.8. The van der Waals surface area contributed by atoms with Crippen molar-refractivity contribution in [3.05, 3.63) is 60.8 Å². The summed E-state index contributed by atoms with van der Waals surface area (Å²) >= 11 is 0. The highest BCUT2D eigenvalue weighted by Gasteiger charge is 2.19. The van der Waals surface area contributed by atoms with E-state index in [2.05, 4.69) is 63.3 Å². The number of carbonyl (C=O) groups excluding carboxylic acids is 3. The minimum atomic E-state index is -0.784. The van der Waals surface area contributed by atoms with Crippen molar-refractivity contribution in [3.8, 4) is 0 Å². The summed E-state index contributed by atoms with van der Waals surface area (Å²) in [5.41, 5.74) is 0. The summed E-state index contributed by atoms with van der Waals surface area (Å²) in [5, 5.41) is 0. The topological polar surface area (TPSA) is 78.9 Å². The summed E-state index contributed by atoms with van der Waals surface area (Å²) in [5.74, 6) is -0.912.